The van der Waals surface area contributed by atoms with Crippen molar-refractivity contribution >= 4 is 11.6 Å². The second kappa shape index (κ2) is 6.71. The molecule has 2 fully saturated rings. The van der Waals surface area contributed by atoms with Crippen molar-refractivity contribution in [2.75, 3.05) is 31.2 Å². The molecule has 0 unspecified atom stereocenters. The van der Waals surface area contributed by atoms with Gasteiger partial charge in [-0.3, -0.25) is 4.79 Å². The predicted molar refractivity (Wildman–Crippen MR) is 92.5 cm³/mol. The van der Waals surface area contributed by atoms with Gasteiger partial charge in [0.1, 0.15) is 12.4 Å². The number of amides is 1. The average molecular weight is 334 g/mol. The number of fused-ring (bicyclic) bond motifs is 1. The number of hydrogen-bond donors (Lipinski definition) is 0. The highest BCUT2D eigenvalue weighted by Gasteiger charge is 2.48. The fraction of sp³-hybridized carbons (Fsp3) is 0.632. The Kier molecular flexibility index (Phi) is 4.81. The monoisotopic (exact) mass is 334 g/mol. The van der Waals surface area contributed by atoms with Crippen LogP contribution in [-0.4, -0.2) is 48.7 Å². The molecule has 0 saturated carbocycles. The molecule has 0 aliphatic carbocycles. The van der Waals surface area contributed by atoms with E-state index in [9.17, 15) is 9.18 Å². The van der Waals surface area contributed by atoms with Gasteiger partial charge in [-0.2, -0.15) is 0 Å². The number of nitrogens with zero attached hydrogens (tertiary/aromatic N) is 2. The number of halogens is 1. The first-order chi connectivity index (χ1) is 11.4. The third-order valence-electron chi connectivity index (χ3n) is 5.31. The summed E-state index contributed by atoms with van der Waals surface area (Å²) < 4.78 is 19.0. The fourth-order valence-corrected chi connectivity index (χ4v) is 4.42. The van der Waals surface area contributed by atoms with Crippen LogP contribution in [0.15, 0.2) is 24.3 Å². The Balaban J connectivity index is 1.76. The lowest BCUT2D eigenvalue weighted by atomic mass is 9.90. The number of rotatable bonds is 4. The van der Waals surface area contributed by atoms with Crippen LogP contribution in [0.5, 0.6) is 0 Å². The van der Waals surface area contributed by atoms with Crippen LogP contribution in [0.1, 0.15) is 33.6 Å². The highest BCUT2D eigenvalue weighted by Crippen LogP contribution is 2.44. The molecule has 4 nitrogen and oxygen atoms in total. The number of benzene rings is 1. The minimum Gasteiger partial charge on any atom is -0.372 e. The van der Waals surface area contributed by atoms with Crippen molar-refractivity contribution < 1.29 is 13.9 Å². The van der Waals surface area contributed by atoms with Gasteiger partial charge >= 0.3 is 0 Å². The van der Waals surface area contributed by atoms with E-state index in [0.29, 0.717) is 18.6 Å². The van der Waals surface area contributed by atoms with Gasteiger partial charge in [-0.1, -0.05) is 6.07 Å². The normalized spacial score (nSPS) is 25.7. The molecule has 3 rings (SSSR count). The van der Waals surface area contributed by atoms with E-state index in [0.717, 1.165) is 31.6 Å². The second-order valence-electron chi connectivity index (χ2n) is 7.46. The predicted octanol–water partition coefficient (Wildman–Crippen LogP) is 3.07. The van der Waals surface area contributed by atoms with Crippen molar-refractivity contribution in [3.8, 4) is 0 Å². The van der Waals surface area contributed by atoms with Gasteiger partial charge in [-0.05, 0) is 57.7 Å². The topological polar surface area (TPSA) is 32.8 Å². The second-order valence-corrected chi connectivity index (χ2v) is 7.46. The van der Waals surface area contributed by atoms with E-state index in [1.54, 1.807) is 12.1 Å². The van der Waals surface area contributed by atoms with Gasteiger partial charge in [0.25, 0.3) is 0 Å². The minimum atomic E-state index is -0.198. The Morgan fingerprint density at radius 2 is 2.21 bits per heavy atom. The standard InChI is InChI=1S/C19H27FN2O2/c1-4-24-13-18(23)21-9-8-17-14(12-21)11-19(2,3)22(17)16-7-5-6-15(20)10-16/h5-7,10,14,17H,4,8-9,11-13H2,1-3H3/t14-,17+/m1/s1. The smallest absolute Gasteiger partial charge is 0.248 e. The van der Waals surface area contributed by atoms with Crippen LogP contribution in [0.2, 0.25) is 0 Å². The quantitative estimate of drug-likeness (QED) is 0.848. The SMILES string of the molecule is CCOCC(=O)N1CC[C@H]2[C@@H](C1)CC(C)(C)N2c1cccc(F)c1. The molecule has 2 saturated heterocycles. The lowest BCUT2D eigenvalue weighted by Crippen LogP contribution is -2.50. The molecule has 0 N–H and O–H groups in total. The van der Waals surface area contributed by atoms with Gasteiger partial charge in [0.15, 0.2) is 0 Å². The Labute approximate surface area is 143 Å². The van der Waals surface area contributed by atoms with Crippen LogP contribution < -0.4 is 4.90 Å². The van der Waals surface area contributed by atoms with Crippen LogP contribution in [-0.2, 0) is 9.53 Å². The van der Waals surface area contributed by atoms with Crippen molar-refractivity contribution in [3.05, 3.63) is 30.1 Å². The molecule has 1 amide bonds. The van der Waals surface area contributed by atoms with E-state index >= 15 is 0 Å². The molecule has 0 aromatic heterocycles. The highest BCUT2D eigenvalue weighted by molar-refractivity contribution is 5.77. The third-order valence-corrected chi connectivity index (χ3v) is 5.31. The van der Waals surface area contributed by atoms with Gasteiger partial charge in [0.05, 0.1) is 0 Å². The first-order valence-corrected chi connectivity index (χ1v) is 8.83. The zero-order chi connectivity index (χ0) is 17.3. The molecule has 2 heterocycles. The molecule has 24 heavy (non-hydrogen) atoms. The van der Waals surface area contributed by atoms with Gasteiger partial charge in [0, 0.05) is 37.0 Å². The van der Waals surface area contributed by atoms with Gasteiger partial charge in [0.2, 0.25) is 5.91 Å². The molecule has 5 heteroatoms. The largest absolute Gasteiger partial charge is 0.372 e. The summed E-state index contributed by atoms with van der Waals surface area (Å²) in [5, 5.41) is 0. The number of likely N-dealkylation sites (tertiary alicyclic amines) is 1. The summed E-state index contributed by atoms with van der Waals surface area (Å²) >= 11 is 0. The van der Waals surface area contributed by atoms with Crippen molar-refractivity contribution in [1.82, 2.24) is 4.90 Å². The first-order valence-electron chi connectivity index (χ1n) is 8.83. The Hall–Kier alpha value is -1.62. The van der Waals surface area contributed by atoms with Crippen LogP contribution >= 0.6 is 0 Å². The summed E-state index contributed by atoms with van der Waals surface area (Å²) in [5.41, 5.74) is 0.906. The number of carbonyl (C=O) groups is 1. The Morgan fingerprint density at radius 3 is 2.92 bits per heavy atom. The van der Waals surface area contributed by atoms with Crippen molar-refractivity contribution in [3.63, 3.8) is 0 Å². The van der Waals surface area contributed by atoms with Crippen LogP contribution in [0.3, 0.4) is 0 Å². The lowest BCUT2D eigenvalue weighted by Gasteiger charge is -2.41. The maximum absolute atomic E-state index is 13.7. The van der Waals surface area contributed by atoms with E-state index < -0.39 is 0 Å². The van der Waals surface area contributed by atoms with E-state index in [1.807, 2.05) is 17.9 Å². The minimum absolute atomic E-state index is 0.0396. The molecule has 2 atom stereocenters. The average Bonchev–Trinajstić information content (AvgIpc) is 2.81. The Bertz CT molecular complexity index is 605. The molecule has 1 aromatic carbocycles. The van der Waals surface area contributed by atoms with Gasteiger partial charge in [-0.25, -0.2) is 4.39 Å². The molecule has 2 aliphatic heterocycles. The van der Waals surface area contributed by atoms with E-state index in [-0.39, 0.29) is 23.9 Å². The fourth-order valence-electron chi connectivity index (χ4n) is 4.42. The van der Waals surface area contributed by atoms with Crippen molar-refractivity contribution in [2.24, 2.45) is 5.92 Å². The number of ether oxygens (including phenoxy) is 1. The number of carbonyl (C=O) groups excluding carboxylic acids is 1. The van der Waals surface area contributed by atoms with Gasteiger partial charge in [-0.15, -0.1) is 0 Å². The molecule has 0 radical (unpaired) electrons. The molecule has 0 spiro atoms. The van der Waals surface area contributed by atoms with E-state index in [1.165, 1.54) is 6.07 Å². The summed E-state index contributed by atoms with van der Waals surface area (Å²) in [7, 11) is 0. The summed E-state index contributed by atoms with van der Waals surface area (Å²) in [6.07, 6.45) is 1.93. The maximum atomic E-state index is 13.7. The number of hydrogen-bond acceptors (Lipinski definition) is 3. The van der Waals surface area contributed by atoms with Crippen LogP contribution in [0, 0.1) is 11.7 Å². The molecule has 0 bridgehead atoms. The zero-order valence-electron chi connectivity index (χ0n) is 14.8. The van der Waals surface area contributed by atoms with Crippen molar-refractivity contribution in [1.29, 1.82) is 0 Å². The number of anilines is 1. The highest BCUT2D eigenvalue weighted by atomic mass is 19.1. The lowest BCUT2D eigenvalue weighted by molar-refractivity contribution is -0.137. The summed E-state index contributed by atoms with van der Waals surface area (Å²) in [4.78, 5) is 16.5. The molecule has 1 aromatic rings. The maximum Gasteiger partial charge on any atom is 0.248 e. The summed E-state index contributed by atoms with van der Waals surface area (Å²) in [6, 6.07) is 7.22. The zero-order valence-corrected chi connectivity index (χ0v) is 14.8. The van der Waals surface area contributed by atoms with E-state index in [2.05, 4.69) is 18.7 Å². The molecule has 132 valence electrons. The van der Waals surface area contributed by atoms with Crippen LogP contribution in [0.25, 0.3) is 0 Å². The molecular weight excluding hydrogens is 307 g/mol. The number of piperidine rings is 1. The van der Waals surface area contributed by atoms with Crippen molar-refractivity contribution in [2.45, 2.75) is 45.2 Å². The summed E-state index contributed by atoms with van der Waals surface area (Å²) in [6.45, 7) is 8.57. The van der Waals surface area contributed by atoms with Crippen LogP contribution in [0.4, 0.5) is 10.1 Å². The summed E-state index contributed by atoms with van der Waals surface area (Å²) in [5.74, 6) is 0.302. The third kappa shape index (κ3) is 3.27. The molecule has 2 aliphatic rings. The van der Waals surface area contributed by atoms with E-state index in [4.69, 9.17) is 4.74 Å². The molecular formula is C19H27FN2O2. The van der Waals surface area contributed by atoms with Gasteiger partial charge < -0.3 is 14.5 Å². The Morgan fingerprint density at radius 1 is 1.42 bits per heavy atom. The first kappa shape index (κ1) is 17.2.